The van der Waals surface area contributed by atoms with Gasteiger partial charge in [0.1, 0.15) is 6.54 Å². The molecule has 3 nitrogen and oxygen atoms in total. The fourth-order valence-electron chi connectivity index (χ4n) is 1.84. The van der Waals surface area contributed by atoms with E-state index in [9.17, 15) is 4.79 Å². The van der Waals surface area contributed by atoms with Crippen LogP contribution in [0.3, 0.4) is 0 Å². The van der Waals surface area contributed by atoms with E-state index in [2.05, 4.69) is 29.3 Å². The number of carboxylic acid groups (broad SMARTS) is 1. The van der Waals surface area contributed by atoms with Crippen molar-refractivity contribution in [1.29, 1.82) is 0 Å². The zero-order valence-electron chi connectivity index (χ0n) is 10.9. The molecule has 0 saturated heterocycles. The van der Waals surface area contributed by atoms with Crippen molar-refractivity contribution in [3.05, 3.63) is 60.2 Å². The smallest absolute Gasteiger partial charge is 0.325 e. The number of carboxylic acids is 1. The van der Waals surface area contributed by atoms with Crippen LogP contribution in [0.1, 0.15) is 5.56 Å². The van der Waals surface area contributed by atoms with Gasteiger partial charge in [-0.25, -0.2) is 0 Å². The Bertz CT molecular complexity index is 596. The fraction of sp³-hybridized carbons (Fsp3) is 0.125. The van der Waals surface area contributed by atoms with Crippen molar-refractivity contribution < 1.29 is 9.90 Å². The molecule has 4 heteroatoms. The molecule has 0 atom stereocenters. The van der Waals surface area contributed by atoms with E-state index >= 15 is 0 Å². The highest BCUT2D eigenvalue weighted by Gasteiger charge is 2.03. The van der Waals surface area contributed by atoms with Crippen molar-refractivity contribution >= 4 is 23.3 Å². The van der Waals surface area contributed by atoms with Crippen LogP contribution in [-0.2, 0) is 10.5 Å². The first-order chi connectivity index (χ1) is 9.77. The lowest BCUT2D eigenvalue weighted by molar-refractivity contribution is -0.135. The van der Waals surface area contributed by atoms with Crippen LogP contribution in [0.4, 0.5) is 0 Å². The number of aliphatic carboxylic acids is 1. The van der Waals surface area contributed by atoms with E-state index in [0.29, 0.717) is 0 Å². The first-order valence-electron chi connectivity index (χ1n) is 6.22. The molecule has 0 aliphatic rings. The predicted octanol–water partition coefficient (Wildman–Crippen LogP) is 3.70. The fourth-order valence-corrected chi connectivity index (χ4v) is 2.53. The number of nitrogens with zero attached hydrogens (tertiary/aromatic N) is 1. The minimum absolute atomic E-state index is 0.173. The van der Waals surface area contributed by atoms with Crippen LogP contribution in [0.2, 0.25) is 0 Å². The van der Waals surface area contributed by atoms with Gasteiger partial charge in [0, 0.05) is 5.75 Å². The number of carbonyl (C=O) groups is 1. The van der Waals surface area contributed by atoms with Crippen LogP contribution < -0.4 is 0 Å². The van der Waals surface area contributed by atoms with Gasteiger partial charge in [-0.15, -0.1) is 11.8 Å². The maximum absolute atomic E-state index is 10.3. The second-order valence-electron chi connectivity index (χ2n) is 4.17. The molecule has 0 heterocycles. The monoisotopic (exact) mass is 285 g/mol. The second-order valence-corrected chi connectivity index (χ2v) is 5.01. The summed E-state index contributed by atoms with van der Waals surface area (Å²) in [6, 6.07) is 18.4. The molecular formula is C16H15NO2S. The zero-order valence-corrected chi connectivity index (χ0v) is 11.7. The van der Waals surface area contributed by atoms with Crippen LogP contribution >= 0.6 is 11.8 Å². The van der Waals surface area contributed by atoms with Crippen LogP contribution in [0.15, 0.2) is 59.6 Å². The van der Waals surface area contributed by atoms with Crippen molar-refractivity contribution in [3.63, 3.8) is 0 Å². The zero-order chi connectivity index (χ0) is 14.2. The molecule has 0 saturated carbocycles. The first-order valence-corrected chi connectivity index (χ1v) is 7.27. The Kier molecular flexibility index (Phi) is 5.38. The molecule has 0 bridgehead atoms. The van der Waals surface area contributed by atoms with E-state index in [1.807, 2.05) is 30.3 Å². The molecule has 20 heavy (non-hydrogen) atoms. The van der Waals surface area contributed by atoms with Gasteiger partial charge in [-0.1, -0.05) is 54.6 Å². The summed E-state index contributed by atoms with van der Waals surface area (Å²) in [5.41, 5.74) is 5.21. The summed E-state index contributed by atoms with van der Waals surface area (Å²) < 4.78 is 0. The molecule has 2 rings (SSSR count). The van der Waals surface area contributed by atoms with Gasteiger partial charge >= 0.3 is 5.97 Å². The summed E-state index contributed by atoms with van der Waals surface area (Å²) in [5, 5.41) is 8.50. The molecule has 0 fully saturated rings. The second kappa shape index (κ2) is 7.50. The minimum Gasteiger partial charge on any atom is -0.480 e. The normalized spacial score (nSPS) is 10.8. The Balaban J connectivity index is 2.06. The lowest BCUT2D eigenvalue weighted by Crippen LogP contribution is -1.98. The number of benzene rings is 2. The summed E-state index contributed by atoms with van der Waals surface area (Å²) in [6.07, 6.45) is 0. The highest BCUT2D eigenvalue weighted by Crippen LogP contribution is 2.25. The number of rotatable bonds is 6. The quantitative estimate of drug-likeness (QED) is 0.650. The van der Waals surface area contributed by atoms with Gasteiger partial charge in [-0.05, 0) is 16.7 Å². The average Bonchev–Trinajstić information content (AvgIpc) is 2.48. The van der Waals surface area contributed by atoms with E-state index in [4.69, 9.17) is 5.11 Å². The molecule has 2 aromatic rings. The average molecular weight is 285 g/mol. The lowest BCUT2D eigenvalue weighted by Gasteiger charge is -2.08. The van der Waals surface area contributed by atoms with Gasteiger partial charge in [-0.3, -0.25) is 9.79 Å². The summed E-state index contributed by atoms with van der Waals surface area (Å²) in [5.74, 6) is -0.139. The highest BCUT2D eigenvalue weighted by molar-refractivity contribution is 8.11. The Morgan fingerprint density at radius 1 is 1.10 bits per heavy atom. The van der Waals surface area contributed by atoms with Gasteiger partial charge in [0.2, 0.25) is 0 Å². The molecule has 102 valence electrons. The molecule has 0 spiro atoms. The predicted molar refractivity (Wildman–Crippen MR) is 84.2 cm³/mol. The van der Waals surface area contributed by atoms with Gasteiger partial charge in [0.25, 0.3) is 0 Å². The van der Waals surface area contributed by atoms with Crippen LogP contribution in [0.5, 0.6) is 0 Å². The maximum atomic E-state index is 10.3. The van der Waals surface area contributed by atoms with Gasteiger partial charge in [0.15, 0.2) is 0 Å². The Labute approximate surface area is 122 Å². The summed E-state index contributed by atoms with van der Waals surface area (Å²) >= 11 is 1.50. The molecule has 0 aliphatic heterocycles. The molecule has 0 amide bonds. The lowest BCUT2D eigenvalue weighted by atomic mass is 10.0. The summed E-state index contributed by atoms with van der Waals surface area (Å²) in [6.45, 7) is -0.173. The molecule has 1 N–H and O–H groups in total. The Hall–Kier alpha value is -2.07. The number of thioether (sulfide) groups is 1. The van der Waals surface area contributed by atoms with E-state index in [1.54, 1.807) is 5.55 Å². The third-order valence-corrected chi connectivity index (χ3v) is 3.49. The molecule has 0 radical (unpaired) electrons. The van der Waals surface area contributed by atoms with Crippen LogP contribution in [0, 0.1) is 0 Å². The molecule has 0 aliphatic carbocycles. The topological polar surface area (TPSA) is 49.7 Å². The van der Waals surface area contributed by atoms with Gasteiger partial charge < -0.3 is 5.11 Å². The van der Waals surface area contributed by atoms with Crippen molar-refractivity contribution in [1.82, 2.24) is 0 Å². The van der Waals surface area contributed by atoms with E-state index in [1.165, 1.54) is 28.5 Å². The number of hydrogen-bond acceptors (Lipinski definition) is 3. The van der Waals surface area contributed by atoms with Crippen molar-refractivity contribution in [2.45, 2.75) is 5.75 Å². The standard InChI is InChI=1S/C16H15NO2S/c18-16(19)10-17-12-20-11-14-8-4-5-9-15(14)13-6-2-1-3-7-13/h1-9,12H,10-11H2,(H,18,19). The number of hydrogen-bond donors (Lipinski definition) is 1. The Morgan fingerprint density at radius 3 is 2.55 bits per heavy atom. The van der Waals surface area contributed by atoms with E-state index in [-0.39, 0.29) is 6.54 Å². The van der Waals surface area contributed by atoms with Crippen LogP contribution in [-0.4, -0.2) is 23.2 Å². The summed E-state index contributed by atoms with van der Waals surface area (Å²) in [4.78, 5) is 14.2. The molecule has 2 aromatic carbocycles. The third kappa shape index (κ3) is 4.24. The van der Waals surface area contributed by atoms with Gasteiger partial charge in [0.05, 0.1) is 5.55 Å². The van der Waals surface area contributed by atoms with E-state index < -0.39 is 5.97 Å². The van der Waals surface area contributed by atoms with Crippen molar-refractivity contribution in [2.75, 3.05) is 6.54 Å². The summed E-state index contributed by atoms with van der Waals surface area (Å²) in [7, 11) is 0. The number of aliphatic imine (C=N–C) groups is 1. The third-order valence-electron chi connectivity index (χ3n) is 2.72. The Morgan fingerprint density at radius 2 is 1.80 bits per heavy atom. The molecule has 0 aromatic heterocycles. The molecular weight excluding hydrogens is 270 g/mol. The SMILES string of the molecule is O=C(O)CN=CSCc1ccccc1-c1ccccc1. The molecule has 0 unspecified atom stereocenters. The first kappa shape index (κ1) is 14.3. The van der Waals surface area contributed by atoms with Crippen LogP contribution in [0.25, 0.3) is 11.1 Å². The maximum Gasteiger partial charge on any atom is 0.325 e. The van der Waals surface area contributed by atoms with E-state index in [0.717, 1.165) is 5.75 Å². The minimum atomic E-state index is -0.911. The van der Waals surface area contributed by atoms with Crippen molar-refractivity contribution in [2.24, 2.45) is 4.99 Å². The largest absolute Gasteiger partial charge is 0.480 e. The highest BCUT2D eigenvalue weighted by atomic mass is 32.2. The van der Waals surface area contributed by atoms with Crippen molar-refractivity contribution in [3.8, 4) is 11.1 Å². The van der Waals surface area contributed by atoms with Gasteiger partial charge in [-0.2, -0.15) is 0 Å².